The average Bonchev–Trinajstić information content (AvgIpc) is 2.56. The number of hydrogen-bond acceptors (Lipinski definition) is 3. The molecule has 1 aromatic carbocycles. The summed E-state index contributed by atoms with van der Waals surface area (Å²) in [5, 5.41) is 0. The molecule has 0 bridgehead atoms. The van der Waals surface area contributed by atoms with Gasteiger partial charge in [0.15, 0.2) is 0 Å². The molecule has 0 aromatic heterocycles. The molecule has 2 N–H and O–H groups in total. The smallest absolute Gasteiger partial charge is 0.119 e. The molecule has 21 heavy (non-hydrogen) atoms. The molecule has 3 nitrogen and oxygen atoms in total. The number of hydrogen-bond donors (Lipinski definition) is 1. The fourth-order valence-corrected chi connectivity index (χ4v) is 3.47. The molecule has 2 rings (SSSR count). The van der Waals surface area contributed by atoms with Crippen molar-refractivity contribution in [2.24, 2.45) is 11.7 Å². The summed E-state index contributed by atoms with van der Waals surface area (Å²) in [5.41, 5.74) is 7.05. The summed E-state index contributed by atoms with van der Waals surface area (Å²) in [4.78, 5) is 2.58. The lowest BCUT2D eigenvalue weighted by Gasteiger charge is -2.39. The van der Waals surface area contributed by atoms with Gasteiger partial charge in [0.1, 0.15) is 5.75 Å². The molecule has 1 fully saturated rings. The molecule has 1 saturated carbocycles. The first-order chi connectivity index (χ1) is 10.3. The molecule has 0 amide bonds. The Balaban J connectivity index is 2.12. The van der Waals surface area contributed by atoms with Crippen LogP contribution in [0, 0.1) is 5.92 Å². The zero-order valence-corrected chi connectivity index (χ0v) is 13.6. The number of anilines is 1. The second-order valence-electron chi connectivity index (χ2n) is 6.13. The van der Waals surface area contributed by atoms with Crippen LogP contribution in [0.15, 0.2) is 24.3 Å². The highest BCUT2D eigenvalue weighted by Gasteiger charge is 2.25. The van der Waals surface area contributed by atoms with Crippen molar-refractivity contribution >= 4 is 5.69 Å². The number of nitrogens with zero attached hydrogens (tertiary/aromatic N) is 1. The van der Waals surface area contributed by atoms with Crippen LogP contribution in [0.3, 0.4) is 0 Å². The molecule has 3 heteroatoms. The van der Waals surface area contributed by atoms with Gasteiger partial charge in [-0.1, -0.05) is 26.2 Å². The Labute approximate surface area is 129 Å². The topological polar surface area (TPSA) is 38.5 Å². The molecular weight excluding hydrogens is 260 g/mol. The molecule has 118 valence electrons. The van der Waals surface area contributed by atoms with Gasteiger partial charge in [-0.25, -0.2) is 0 Å². The maximum absolute atomic E-state index is 5.74. The van der Waals surface area contributed by atoms with Crippen molar-refractivity contribution in [3.8, 4) is 5.75 Å². The second kappa shape index (κ2) is 8.28. The summed E-state index contributed by atoms with van der Waals surface area (Å²) in [6.45, 7) is 4.14. The predicted molar refractivity (Wildman–Crippen MR) is 90.0 cm³/mol. The first-order valence-corrected chi connectivity index (χ1v) is 8.39. The fraction of sp³-hybridized carbons (Fsp3) is 0.667. The van der Waals surface area contributed by atoms with E-state index in [1.807, 2.05) is 0 Å². The van der Waals surface area contributed by atoms with E-state index in [0.29, 0.717) is 6.04 Å². The molecule has 1 aliphatic carbocycles. The van der Waals surface area contributed by atoms with E-state index in [4.69, 9.17) is 10.5 Å². The van der Waals surface area contributed by atoms with Crippen LogP contribution in [0.5, 0.6) is 5.75 Å². The van der Waals surface area contributed by atoms with Crippen molar-refractivity contribution in [3.05, 3.63) is 24.3 Å². The number of benzene rings is 1. The van der Waals surface area contributed by atoms with Crippen LogP contribution in [0.4, 0.5) is 5.69 Å². The van der Waals surface area contributed by atoms with E-state index >= 15 is 0 Å². The van der Waals surface area contributed by atoms with E-state index in [-0.39, 0.29) is 0 Å². The molecule has 0 spiro atoms. The molecule has 0 aliphatic heterocycles. The monoisotopic (exact) mass is 290 g/mol. The van der Waals surface area contributed by atoms with Crippen molar-refractivity contribution in [1.29, 1.82) is 0 Å². The van der Waals surface area contributed by atoms with Crippen molar-refractivity contribution in [2.45, 2.75) is 51.5 Å². The Morgan fingerprint density at radius 2 is 2.00 bits per heavy atom. The van der Waals surface area contributed by atoms with Crippen LogP contribution >= 0.6 is 0 Å². The Morgan fingerprint density at radius 3 is 2.62 bits per heavy atom. The summed E-state index contributed by atoms with van der Waals surface area (Å²) in [6, 6.07) is 9.16. The maximum Gasteiger partial charge on any atom is 0.119 e. The number of ether oxygens (including phenoxy) is 1. The fourth-order valence-electron chi connectivity index (χ4n) is 3.47. The molecule has 0 saturated heterocycles. The molecule has 1 aromatic rings. The van der Waals surface area contributed by atoms with Crippen LogP contribution in [-0.4, -0.2) is 26.2 Å². The normalized spacial score (nSPS) is 22.0. The molecule has 2 unspecified atom stereocenters. The van der Waals surface area contributed by atoms with Gasteiger partial charge >= 0.3 is 0 Å². The van der Waals surface area contributed by atoms with Crippen molar-refractivity contribution in [1.82, 2.24) is 0 Å². The minimum atomic E-state index is 0.670. The van der Waals surface area contributed by atoms with Crippen LogP contribution in [-0.2, 0) is 0 Å². The van der Waals surface area contributed by atoms with E-state index in [2.05, 4.69) is 36.1 Å². The molecule has 2 atom stereocenters. The Hall–Kier alpha value is -1.22. The minimum Gasteiger partial charge on any atom is -0.497 e. The predicted octanol–water partition coefficient (Wildman–Crippen LogP) is 3.82. The lowest BCUT2D eigenvalue weighted by Crippen LogP contribution is -2.40. The zero-order chi connectivity index (χ0) is 15.1. The van der Waals surface area contributed by atoms with E-state index < -0.39 is 0 Å². The average molecular weight is 290 g/mol. The van der Waals surface area contributed by atoms with Crippen LogP contribution in [0.1, 0.15) is 45.4 Å². The Morgan fingerprint density at radius 1 is 1.24 bits per heavy atom. The van der Waals surface area contributed by atoms with Crippen molar-refractivity contribution in [2.75, 3.05) is 25.1 Å². The Bertz CT molecular complexity index is 404. The van der Waals surface area contributed by atoms with Crippen LogP contribution in [0.25, 0.3) is 0 Å². The third kappa shape index (κ3) is 4.37. The molecule has 0 heterocycles. The first kappa shape index (κ1) is 16.2. The number of rotatable bonds is 7. The largest absolute Gasteiger partial charge is 0.497 e. The first-order valence-electron chi connectivity index (χ1n) is 8.39. The van der Waals surface area contributed by atoms with Gasteiger partial charge in [0.2, 0.25) is 0 Å². The van der Waals surface area contributed by atoms with Gasteiger partial charge in [0.25, 0.3) is 0 Å². The summed E-state index contributed by atoms with van der Waals surface area (Å²) in [6.07, 6.45) is 7.77. The highest BCUT2D eigenvalue weighted by atomic mass is 16.5. The third-order valence-corrected chi connectivity index (χ3v) is 4.78. The van der Waals surface area contributed by atoms with Crippen LogP contribution in [0.2, 0.25) is 0 Å². The van der Waals surface area contributed by atoms with Gasteiger partial charge in [-0.05, 0) is 56.0 Å². The zero-order valence-electron chi connectivity index (χ0n) is 13.6. The van der Waals surface area contributed by atoms with Gasteiger partial charge in [-0.2, -0.15) is 0 Å². The molecule has 0 radical (unpaired) electrons. The SMILES string of the molecule is CCC1CCCC(N(CCCN)c2ccc(OC)cc2)C1. The van der Waals surface area contributed by atoms with Crippen molar-refractivity contribution < 1.29 is 4.74 Å². The highest BCUT2D eigenvalue weighted by molar-refractivity contribution is 5.50. The van der Waals surface area contributed by atoms with Gasteiger partial charge < -0.3 is 15.4 Å². The van der Waals surface area contributed by atoms with Crippen LogP contribution < -0.4 is 15.4 Å². The standard InChI is InChI=1S/C18H30N2O/c1-3-15-6-4-7-17(14-15)20(13-5-12-19)16-8-10-18(21-2)11-9-16/h8-11,15,17H,3-7,12-14,19H2,1-2H3. The lowest BCUT2D eigenvalue weighted by atomic mass is 9.83. The maximum atomic E-state index is 5.74. The summed E-state index contributed by atoms with van der Waals surface area (Å²) >= 11 is 0. The van der Waals surface area contributed by atoms with E-state index in [0.717, 1.165) is 31.2 Å². The quantitative estimate of drug-likeness (QED) is 0.829. The highest BCUT2D eigenvalue weighted by Crippen LogP contribution is 2.33. The molecular formula is C18H30N2O. The van der Waals surface area contributed by atoms with Gasteiger partial charge in [-0.3, -0.25) is 0 Å². The number of nitrogens with two attached hydrogens (primary N) is 1. The van der Waals surface area contributed by atoms with E-state index in [1.54, 1.807) is 7.11 Å². The van der Waals surface area contributed by atoms with E-state index in [9.17, 15) is 0 Å². The minimum absolute atomic E-state index is 0.670. The second-order valence-corrected chi connectivity index (χ2v) is 6.13. The summed E-state index contributed by atoms with van der Waals surface area (Å²) < 4.78 is 5.27. The summed E-state index contributed by atoms with van der Waals surface area (Å²) in [7, 11) is 1.72. The number of methoxy groups -OCH3 is 1. The van der Waals surface area contributed by atoms with Gasteiger partial charge in [-0.15, -0.1) is 0 Å². The molecule has 1 aliphatic rings. The van der Waals surface area contributed by atoms with Gasteiger partial charge in [0.05, 0.1) is 7.11 Å². The van der Waals surface area contributed by atoms with Gasteiger partial charge in [0, 0.05) is 18.3 Å². The summed E-state index contributed by atoms with van der Waals surface area (Å²) in [5.74, 6) is 1.81. The Kier molecular flexibility index (Phi) is 6.37. The van der Waals surface area contributed by atoms with Crippen molar-refractivity contribution in [3.63, 3.8) is 0 Å². The van der Waals surface area contributed by atoms with E-state index in [1.165, 1.54) is 37.8 Å². The lowest BCUT2D eigenvalue weighted by molar-refractivity contribution is 0.302. The third-order valence-electron chi connectivity index (χ3n) is 4.78.